The molecule has 0 N–H and O–H groups in total. The first-order valence-electron chi connectivity index (χ1n) is 5.32. The van der Waals surface area contributed by atoms with Crippen LogP contribution in [-0.4, -0.2) is 23.7 Å². The zero-order valence-corrected chi connectivity index (χ0v) is 10.9. The molecular weight excluding hydrogens is 297 g/mol. The normalized spacial score (nSPS) is 10.7. The zero-order chi connectivity index (χ0) is 14.7. The summed E-state index contributed by atoms with van der Waals surface area (Å²) in [6.07, 6.45) is 2.09. The standard InChI is InChI=1S/C12H8ClF3N2O2/c1-19-11-7(13)3-2-6(10(11)14)8-4-18-9(5-17-8)20-12(15)16/h2-5,12H,1H3. The second-order valence-corrected chi connectivity index (χ2v) is 3.97. The van der Waals surface area contributed by atoms with Crippen LogP contribution >= 0.6 is 11.6 Å². The molecule has 0 aliphatic rings. The van der Waals surface area contributed by atoms with Crippen molar-refractivity contribution >= 4 is 11.6 Å². The topological polar surface area (TPSA) is 44.2 Å². The van der Waals surface area contributed by atoms with Gasteiger partial charge in [0, 0.05) is 5.56 Å². The molecule has 1 aromatic carbocycles. The fourth-order valence-electron chi connectivity index (χ4n) is 1.52. The number of hydrogen-bond acceptors (Lipinski definition) is 4. The van der Waals surface area contributed by atoms with E-state index in [0.29, 0.717) is 0 Å². The van der Waals surface area contributed by atoms with Crippen LogP contribution in [0.25, 0.3) is 11.3 Å². The van der Waals surface area contributed by atoms with Crippen molar-refractivity contribution in [2.45, 2.75) is 6.61 Å². The summed E-state index contributed by atoms with van der Waals surface area (Å²) in [5, 5.41) is 0.111. The van der Waals surface area contributed by atoms with Gasteiger partial charge in [-0.15, -0.1) is 0 Å². The van der Waals surface area contributed by atoms with Crippen LogP contribution in [0.3, 0.4) is 0 Å². The first kappa shape index (κ1) is 14.4. The smallest absolute Gasteiger partial charge is 0.388 e. The third kappa shape index (κ3) is 2.93. The summed E-state index contributed by atoms with van der Waals surface area (Å²) in [5.74, 6) is -1.19. The third-order valence-corrected chi connectivity index (χ3v) is 2.66. The van der Waals surface area contributed by atoms with Gasteiger partial charge in [-0.1, -0.05) is 11.6 Å². The van der Waals surface area contributed by atoms with E-state index < -0.39 is 12.4 Å². The highest BCUT2D eigenvalue weighted by atomic mass is 35.5. The van der Waals surface area contributed by atoms with Gasteiger partial charge in [0.2, 0.25) is 5.88 Å². The number of rotatable bonds is 4. The van der Waals surface area contributed by atoms with Gasteiger partial charge in [-0.3, -0.25) is 0 Å². The molecule has 2 aromatic rings. The van der Waals surface area contributed by atoms with Crippen molar-refractivity contribution in [3.05, 3.63) is 35.4 Å². The number of nitrogens with zero attached hydrogens (tertiary/aromatic N) is 2. The fourth-order valence-corrected chi connectivity index (χ4v) is 1.75. The molecule has 2 rings (SSSR count). The minimum absolute atomic E-state index is 0.0855. The molecule has 1 heterocycles. The molecular formula is C12H8ClF3N2O2. The van der Waals surface area contributed by atoms with E-state index in [1.54, 1.807) is 0 Å². The highest BCUT2D eigenvalue weighted by Crippen LogP contribution is 2.34. The molecule has 4 nitrogen and oxygen atoms in total. The summed E-state index contributed by atoms with van der Waals surface area (Å²) in [6.45, 7) is -3.00. The molecule has 0 aliphatic heterocycles. The van der Waals surface area contributed by atoms with Crippen LogP contribution in [0, 0.1) is 5.82 Å². The van der Waals surface area contributed by atoms with E-state index in [2.05, 4.69) is 14.7 Å². The van der Waals surface area contributed by atoms with E-state index >= 15 is 0 Å². The molecule has 106 valence electrons. The van der Waals surface area contributed by atoms with Gasteiger partial charge in [0.25, 0.3) is 0 Å². The molecule has 0 aliphatic carbocycles. The number of hydrogen-bond donors (Lipinski definition) is 0. The molecule has 0 atom stereocenters. The number of benzene rings is 1. The number of methoxy groups -OCH3 is 1. The summed E-state index contributed by atoms with van der Waals surface area (Å²) in [7, 11) is 1.28. The first-order valence-corrected chi connectivity index (χ1v) is 5.70. The van der Waals surface area contributed by atoms with E-state index in [0.717, 1.165) is 12.4 Å². The Hall–Kier alpha value is -2.02. The molecule has 0 saturated carbocycles. The molecule has 20 heavy (non-hydrogen) atoms. The number of alkyl halides is 2. The Morgan fingerprint density at radius 2 is 1.95 bits per heavy atom. The molecule has 0 bridgehead atoms. The SMILES string of the molecule is COc1c(Cl)ccc(-c2cnc(OC(F)F)cn2)c1F. The van der Waals surface area contributed by atoms with Gasteiger partial charge < -0.3 is 9.47 Å². The van der Waals surface area contributed by atoms with E-state index in [4.69, 9.17) is 16.3 Å². The van der Waals surface area contributed by atoms with E-state index in [9.17, 15) is 13.2 Å². The largest absolute Gasteiger partial charge is 0.492 e. The molecule has 8 heteroatoms. The zero-order valence-electron chi connectivity index (χ0n) is 10.1. The van der Waals surface area contributed by atoms with Gasteiger partial charge in [0.15, 0.2) is 11.6 Å². The van der Waals surface area contributed by atoms with Crippen molar-refractivity contribution in [1.29, 1.82) is 0 Å². The van der Waals surface area contributed by atoms with Crippen LogP contribution in [0.5, 0.6) is 11.6 Å². The summed E-state index contributed by atoms with van der Waals surface area (Å²) in [5.41, 5.74) is 0.224. The second-order valence-electron chi connectivity index (χ2n) is 3.56. The Labute approximate surface area is 117 Å². The molecule has 0 fully saturated rings. The van der Waals surface area contributed by atoms with Gasteiger partial charge in [0.1, 0.15) is 0 Å². The quantitative estimate of drug-likeness (QED) is 0.866. The Kier molecular flexibility index (Phi) is 4.29. The van der Waals surface area contributed by atoms with Gasteiger partial charge in [0.05, 0.1) is 30.2 Å². The summed E-state index contributed by atoms with van der Waals surface area (Å²) >= 11 is 5.77. The average Bonchev–Trinajstić information content (AvgIpc) is 2.40. The lowest BCUT2D eigenvalue weighted by Gasteiger charge is -2.09. The fraction of sp³-hybridized carbons (Fsp3) is 0.167. The predicted octanol–water partition coefficient (Wildman–Crippen LogP) is 3.55. The molecule has 0 radical (unpaired) electrons. The number of halogens is 4. The Balaban J connectivity index is 2.37. The van der Waals surface area contributed by atoms with E-state index in [1.807, 2.05) is 0 Å². The van der Waals surface area contributed by atoms with Crippen molar-refractivity contribution in [3.63, 3.8) is 0 Å². The van der Waals surface area contributed by atoms with Crippen molar-refractivity contribution < 1.29 is 22.6 Å². The van der Waals surface area contributed by atoms with Crippen LogP contribution in [0.1, 0.15) is 0 Å². The lowest BCUT2D eigenvalue weighted by Crippen LogP contribution is -2.04. The predicted molar refractivity (Wildman–Crippen MR) is 65.6 cm³/mol. The number of aromatic nitrogens is 2. The van der Waals surface area contributed by atoms with Crippen LogP contribution in [0.15, 0.2) is 24.5 Å². The van der Waals surface area contributed by atoms with E-state index in [1.165, 1.54) is 19.2 Å². The van der Waals surface area contributed by atoms with Crippen molar-refractivity contribution in [2.75, 3.05) is 7.11 Å². The maximum atomic E-state index is 14.1. The lowest BCUT2D eigenvalue weighted by atomic mass is 10.1. The maximum absolute atomic E-state index is 14.1. The summed E-state index contributed by atoms with van der Waals surface area (Å²) in [6, 6.07) is 2.82. The van der Waals surface area contributed by atoms with Crippen molar-refractivity contribution in [1.82, 2.24) is 9.97 Å². The summed E-state index contributed by atoms with van der Waals surface area (Å²) < 4.78 is 46.9. The van der Waals surface area contributed by atoms with Crippen LogP contribution in [-0.2, 0) is 0 Å². The Bertz CT molecular complexity index is 608. The second kappa shape index (κ2) is 5.96. The van der Waals surface area contributed by atoms with Gasteiger partial charge in [-0.2, -0.15) is 8.78 Å². The molecule has 0 saturated heterocycles. The minimum atomic E-state index is -3.00. The summed E-state index contributed by atoms with van der Waals surface area (Å²) in [4.78, 5) is 7.42. The average molecular weight is 305 g/mol. The minimum Gasteiger partial charge on any atom is -0.492 e. The Morgan fingerprint density at radius 3 is 2.50 bits per heavy atom. The lowest BCUT2D eigenvalue weighted by molar-refractivity contribution is -0.0530. The first-order chi connectivity index (χ1) is 9.52. The van der Waals surface area contributed by atoms with Crippen LogP contribution < -0.4 is 9.47 Å². The maximum Gasteiger partial charge on any atom is 0.388 e. The molecule has 0 unspecified atom stereocenters. The molecule has 0 amide bonds. The van der Waals surface area contributed by atoms with Crippen LogP contribution in [0.2, 0.25) is 5.02 Å². The van der Waals surface area contributed by atoms with Crippen molar-refractivity contribution in [3.8, 4) is 22.9 Å². The van der Waals surface area contributed by atoms with Gasteiger partial charge in [-0.25, -0.2) is 14.4 Å². The molecule has 0 spiro atoms. The number of ether oxygens (including phenoxy) is 2. The highest BCUT2D eigenvalue weighted by molar-refractivity contribution is 6.32. The molecule has 1 aromatic heterocycles. The van der Waals surface area contributed by atoms with Crippen molar-refractivity contribution in [2.24, 2.45) is 0 Å². The van der Waals surface area contributed by atoms with Gasteiger partial charge >= 0.3 is 6.61 Å². The van der Waals surface area contributed by atoms with E-state index in [-0.39, 0.29) is 27.9 Å². The Morgan fingerprint density at radius 1 is 1.20 bits per heavy atom. The third-order valence-electron chi connectivity index (χ3n) is 2.37. The monoisotopic (exact) mass is 304 g/mol. The van der Waals surface area contributed by atoms with Gasteiger partial charge in [-0.05, 0) is 12.1 Å². The van der Waals surface area contributed by atoms with Crippen LogP contribution in [0.4, 0.5) is 13.2 Å². The highest BCUT2D eigenvalue weighted by Gasteiger charge is 2.16.